The Morgan fingerprint density at radius 2 is 1.88 bits per heavy atom. The number of fused-ring (bicyclic) bond motifs is 1. The molecule has 0 radical (unpaired) electrons. The second kappa shape index (κ2) is 4.09. The van der Waals surface area contributed by atoms with E-state index in [1.165, 1.54) is 24.8 Å². The van der Waals surface area contributed by atoms with E-state index in [-0.39, 0.29) is 5.82 Å². The van der Waals surface area contributed by atoms with Crippen molar-refractivity contribution >= 4 is 31.9 Å². The number of alkyl halides is 1. The summed E-state index contributed by atoms with van der Waals surface area (Å²) in [6.45, 7) is 0. The molecule has 0 saturated heterocycles. The summed E-state index contributed by atoms with van der Waals surface area (Å²) in [5.41, 5.74) is 1.19. The van der Waals surface area contributed by atoms with Gasteiger partial charge in [-0.1, -0.05) is 22.0 Å². The highest BCUT2D eigenvalue weighted by atomic mass is 79.9. The molecule has 3 atom stereocenters. The number of hydrogen-bond donors (Lipinski definition) is 0. The van der Waals surface area contributed by atoms with Crippen molar-refractivity contribution in [3.05, 3.63) is 34.1 Å². The minimum atomic E-state index is -0.183. The fraction of sp³-hybridized carbons (Fsp3) is 0.538. The van der Waals surface area contributed by atoms with E-state index in [1.807, 2.05) is 12.1 Å². The molecule has 3 unspecified atom stereocenters. The van der Waals surface area contributed by atoms with E-state index in [9.17, 15) is 4.39 Å². The van der Waals surface area contributed by atoms with Crippen molar-refractivity contribution in [2.45, 2.75) is 24.1 Å². The SMILES string of the molecule is Fc1ccc(C(Br)C2CC3CC3C2)cc1Br. The first-order valence-electron chi connectivity index (χ1n) is 5.74. The highest BCUT2D eigenvalue weighted by Crippen LogP contribution is 2.58. The number of halogens is 3. The van der Waals surface area contributed by atoms with E-state index >= 15 is 0 Å². The van der Waals surface area contributed by atoms with Gasteiger partial charge in [-0.2, -0.15) is 0 Å². The summed E-state index contributed by atoms with van der Waals surface area (Å²) >= 11 is 7.02. The first kappa shape index (κ1) is 11.2. The Morgan fingerprint density at radius 3 is 2.50 bits per heavy atom. The van der Waals surface area contributed by atoms with Gasteiger partial charge in [-0.05, 0) is 70.6 Å². The maximum Gasteiger partial charge on any atom is 0.137 e. The maximum absolute atomic E-state index is 13.1. The standard InChI is InChI=1S/C13H13Br2F/c14-11-6-7(1-2-12(11)16)13(15)10-4-8-3-9(8)5-10/h1-2,6,8-10,13H,3-5H2. The molecule has 0 aromatic heterocycles. The Balaban J connectivity index is 1.77. The molecule has 0 N–H and O–H groups in total. The molecule has 1 aromatic carbocycles. The van der Waals surface area contributed by atoms with Crippen LogP contribution in [0.3, 0.4) is 0 Å². The zero-order valence-corrected chi connectivity index (χ0v) is 12.0. The summed E-state index contributed by atoms with van der Waals surface area (Å²) in [5, 5.41) is 0. The van der Waals surface area contributed by atoms with Crippen LogP contribution in [0.5, 0.6) is 0 Å². The van der Waals surface area contributed by atoms with Crippen LogP contribution >= 0.6 is 31.9 Å². The molecular formula is C13H13Br2F. The van der Waals surface area contributed by atoms with Crippen molar-refractivity contribution in [2.24, 2.45) is 17.8 Å². The molecule has 86 valence electrons. The molecule has 2 aliphatic rings. The van der Waals surface area contributed by atoms with Crippen LogP contribution in [0.15, 0.2) is 22.7 Å². The molecule has 1 aromatic rings. The van der Waals surface area contributed by atoms with Gasteiger partial charge < -0.3 is 0 Å². The van der Waals surface area contributed by atoms with Crippen LogP contribution in [0.25, 0.3) is 0 Å². The predicted molar refractivity (Wildman–Crippen MR) is 70.1 cm³/mol. The fourth-order valence-electron chi connectivity index (χ4n) is 2.96. The van der Waals surface area contributed by atoms with Gasteiger partial charge in [-0.15, -0.1) is 0 Å². The molecule has 0 amide bonds. The largest absolute Gasteiger partial charge is 0.206 e. The molecule has 3 heteroatoms. The van der Waals surface area contributed by atoms with Gasteiger partial charge in [-0.25, -0.2) is 4.39 Å². The first-order valence-corrected chi connectivity index (χ1v) is 7.45. The van der Waals surface area contributed by atoms with Gasteiger partial charge in [0.1, 0.15) is 5.82 Å². The highest BCUT2D eigenvalue weighted by Gasteiger charge is 2.47. The average molecular weight is 348 g/mol. The maximum atomic E-state index is 13.1. The molecule has 0 heterocycles. The highest BCUT2D eigenvalue weighted by molar-refractivity contribution is 9.10. The first-order chi connectivity index (χ1) is 7.65. The van der Waals surface area contributed by atoms with Crippen molar-refractivity contribution in [3.8, 4) is 0 Å². The van der Waals surface area contributed by atoms with Crippen LogP contribution in [0.1, 0.15) is 29.7 Å². The van der Waals surface area contributed by atoms with Crippen LogP contribution < -0.4 is 0 Å². The van der Waals surface area contributed by atoms with Crippen molar-refractivity contribution in [3.63, 3.8) is 0 Å². The van der Waals surface area contributed by atoms with E-state index in [1.54, 1.807) is 6.07 Å². The second-order valence-electron chi connectivity index (χ2n) is 5.06. The van der Waals surface area contributed by atoms with Crippen LogP contribution in [0, 0.1) is 23.6 Å². The smallest absolute Gasteiger partial charge is 0.137 e. The van der Waals surface area contributed by atoms with Crippen LogP contribution in [0.2, 0.25) is 0 Å². The topological polar surface area (TPSA) is 0 Å². The zero-order valence-electron chi connectivity index (χ0n) is 8.80. The number of hydrogen-bond acceptors (Lipinski definition) is 0. The third-order valence-electron chi connectivity index (χ3n) is 3.96. The minimum Gasteiger partial charge on any atom is -0.206 e. The van der Waals surface area contributed by atoms with E-state index in [0.29, 0.717) is 9.30 Å². The molecule has 0 nitrogen and oxygen atoms in total. The van der Waals surface area contributed by atoms with Crippen molar-refractivity contribution < 1.29 is 4.39 Å². The molecule has 2 fully saturated rings. The van der Waals surface area contributed by atoms with E-state index < -0.39 is 0 Å². The quantitative estimate of drug-likeness (QED) is 0.655. The normalized spacial score (nSPS) is 33.6. The van der Waals surface area contributed by atoms with Crippen molar-refractivity contribution in [1.29, 1.82) is 0 Å². The van der Waals surface area contributed by atoms with Gasteiger partial charge in [0, 0.05) is 4.83 Å². The lowest BCUT2D eigenvalue weighted by Gasteiger charge is -2.19. The van der Waals surface area contributed by atoms with E-state index in [0.717, 1.165) is 17.8 Å². The van der Waals surface area contributed by atoms with Gasteiger partial charge >= 0.3 is 0 Å². The van der Waals surface area contributed by atoms with Gasteiger partial charge in [0.25, 0.3) is 0 Å². The fourth-order valence-corrected chi connectivity index (χ4v) is 4.07. The Kier molecular flexibility index (Phi) is 2.87. The molecule has 3 rings (SSSR count). The van der Waals surface area contributed by atoms with Crippen LogP contribution in [-0.2, 0) is 0 Å². The second-order valence-corrected chi connectivity index (χ2v) is 6.90. The van der Waals surface area contributed by atoms with E-state index in [4.69, 9.17) is 0 Å². The Morgan fingerprint density at radius 1 is 1.19 bits per heavy atom. The zero-order chi connectivity index (χ0) is 11.3. The molecule has 16 heavy (non-hydrogen) atoms. The molecular weight excluding hydrogens is 335 g/mol. The lowest BCUT2D eigenvalue weighted by Crippen LogP contribution is -2.05. The number of rotatable bonds is 2. The summed E-state index contributed by atoms with van der Waals surface area (Å²) in [6, 6.07) is 5.34. The Bertz CT molecular complexity index is 408. The lowest BCUT2D eigenvalue weighted by atomic mass is 9.95. The van der Waals surface area contributed by atoms with Gasteiger partial charge in [-0.3, -0.25) is 0 Å². The molecule has 0 aliphatic heterocycles. The number of benzene rings is 1. The molecule has 2 saturated carbocycles. The van der Waals surface area contributed by atoms with Crippen molar-refractivity contribution in [2.75, 3.05) is 0 Å². The molecule has 0 bridgehead atoms. The van der Waals surface area contributed by atoms with E-state index in [2.05, 4.69) is 31.9 Å². The van der Waals surface area contributed by atoms with Crippen molar-refractivity contribution in [1.82, 2.24) is 0 Å². The van der Waals surface area contributed by atoms with Gasteiger partial charge in [0.05, 0.1) is 4.47 Å². The molecule has 0 spiro atoms. The average Bonchev–Trinajstić information content (AvgIpc) is 2.89. The van der Waals surface area contributed by atoms with Gasteiger partial charge in [0.2, 0.25) is 0 Å². The summed E-state index contributed by atoms with van der Waals surface area (Å²) in [5.74, 6) is 2.54. The summed E-state index contributed by atoms with van der Waals surface area (Å²) < 4.78 is 13.7. The third kappa shape index (κ3) is 1.97. The summed E-state index contributed by atoms with van der Waals surface area (Å²) in [7, 11) is 0. The Labute approximate surface area is 112 Å². The van der Waals surface area contributed by atoms with Crippen LogP contribution in [-0.4, -0.2) is 0 Å². The molecule has 2 aliphatic carbocycles. The lowest BCUT2D eigenvalue weighted by molar-refractivity contribution is 0.481. The van der Waals surface area contributed by atoms with Gasteiger partial charge in [0.15, 0.2) is 0 Å². The minimum absolute atomic E-state index is 0.183. The predicted octanol–water partition coefficient (Wildman–Crippen LogP) is 5.07. The van der Waals surface area contributed by atoms with Crippen LogP contribution in [0.4, 0.5) is 4.39 Å². The third-order valence-corrected chi connectivity index (χ3v) is 5.84. The monoisotopic (exact) mass is 346 g/mol. The Hall–Kier alpha value is 0.110. The summed E-state index contributed by atoms with van der Waals surface area (Å²) in [6.07, 6.45) is 4.13. The summed E-state index contributed by atoms with van der Waals surface area (Å²) in [4.78, 5) is 0.386.